The Morgan fingerprint density at radius 2 is 2.10 bits per heavy atom. The molecule has 4 N–H and O–H groups in total. The van der Waals surface area contributed by atoms with E-state index in [2.05, 4.69) is 34.7 Å². The van der Waals surface area contributed by atoms with Gasteiger partial charge in [0.05, 0.1) is 30.2 Å². The van der Waals surface area contributed by atoms with Gasteiger partial charge in [-0.2, -0.15) is 0 Å². The fourth-order valence-corrected chi connectivity index (χ4v) is 4.11. The molecular weight excluding hydrogens is 387 g/mol. The quantitative estimate of drug-likeness (QED) is 0.564. The van der Waals surface area contributed by atoms with Crippen molar-refractivity contribution >= 4 is 11.7 Å². The third kappa shape index (κ3) is 3.64. The van der Waals surface area contributed by atoms with Crippen LogP contribution < -0.4 is 10.9 Å². The number of nitrogens with zero attached hydrogens (tertiary/aromatic N) is 1. The van der Waals surface area contributed by atoms with Crippen molar-refractivity contribution in [1.82, 2.24) is 20.8 Å². The molecule has 0 bridgehead atoms. The van der Waals surface area contributed by atoms with Crippen molar-refractivity contribution < 1.29 is 19.0 Å². The number of nitrogens with one attached hydrogen (secondary N) is 3. The van der Waals surface area contributed by atoms with E-state index >= 15 is 0 Å². The van der Waals surface area contributed by atoms with Gasteiger partial charge in [-0.15, -0.1) is 0 Å². The molecule has 1 saturated heterocycles. The first-order valence-corrected chi connectivity index (χ1v) is 9.99. The first-order chi connectivity index (χ1) is 14.4. The molecule has 0 amide bonds. The second kappa shape index (κ2) is 8.04. The largest absolute Gasteiger partial charge is 0.458 e. The fraction of sp³-hybridized carbons (Fsp3) is 0.364. The summed E-state index contributed by atoms with van der Waals surface area (Å²) in [6, 6.07) is 6.24. The average Bonchev–Trinajstić information content (AvgIpc) is 3.35. The van der Waals surface area contributed by atoms with Crippen LogP contribution in [0.1, 0.15) is 37.9 Å². The number of aromatic nitrogens is 2. The highest BCUT2D eigenvalue weighted by atomic mass is 19.1. The maximum Gasteiger partial charge on any atom is 0.309 e. The van der Waals surface area contributed by atoms with E-state index in [1.165, 1.54) is 12.1 Å². The summed E-state index contributed by atoms with van der Waals surface area (Å²) >= 11 is 0. The van der Waals surface area contributed by atoms with Crippen LogP contribution in [0, 0.1) is 11.7 Å². The second-order valence-corrected chi connectivity index (χ2v) is 7.94. The molecule has 2 aromatic rings. The number of benzene rings is 1. The van der Waals surface area contributed by atoms with E-state index < -0.39 is 23.7 Å². The number of hydrazine groups is 1. The van der Waals surface area contributed by atoms with Crippen molar-refractivity contribution in [1.29, 1.82) is 0 Å². The summed E-state index contributed by atoms with van der Waals surface area (Å²) in [5.41, 5.74) is 9.23. The first-order valence-electron chi connectivity index (χ1n) is 9.99. The number of imidazole rings is 1. The van der Waals surface area contributed by atoms with Gasteiger partial charge < -0.3 is 20.3 Å². The number of hydrogen-bond donors (Lipinski definition) is 4. The Kier molecular flexibility index (Phi) is 5.44. The molecule has 2 aliphatic heterocycles. The molecule has 0 spiro atoms. The van der Waals surface area contributed by atoms with Crippen molar-refractivity contribution in [3.63, 3.8) is 0 Å². The standard InChI is InChI=1S/C22H25FN4O3/c1-13(2)22(19-11-24-12-25-19)18(8-7-17-9-16(28)10-20(29)30-17)21(26-27-22)14-3-5-15(23)6-4-14/h3-8,11-13,16-17,26-28H,9-10H2,1-2H3,(H,24,25). The molecule has 0 aliphatic carbocycles. The molecule has 0 saturated carbocycles. The molecule has 2 aliphatic rings. The van der Waals surface area contributed by atoms with Gasteiger partial charge in [-0.3, -0.25) is 4.79 Å². The lowest BCUT2D eigenvalue weighted by atomic mass is 9.76. The van der Waals surface area contributed by atoms with Gasteiger partial charge in [0.15, 0.2) is 0 Å². The van der Waals surface area contributed by atoms with Crippen LogP contribution >= 0.6 is 0 Å². The summed E-state index contributed by atoms with van der Waals surface area (Å²) < 4.78 is 18.9. The highest BCUT2D eigenvalue weighted by Crippen LogP contribution is 2.43. The van der Waals surface area contributed by atoms with Crippen molar-refractivity contribution in [3.05, 3.63) is 71.6 Å². The normalized spacial score (nSPS) is 27.0. The van der Waals surface area contributed by atoms with Crippen LogP contribution in [0.25, 0.3) is 5.70 Å². The van der Waals surface area contributed by atoms with Gasteiger partial charge in [0.2, 0.25) is 0 Å². The second-order valence-electron chi connectivity index (χ2n) is 7.94. The van der Waals surface area contributed by atoms with E-state index in [1.54, 1.807) is 24.5 Å². The number of cyclic esters (lactones) is 1. The number of H-pyrrole nitrogens is 1. The summed E-state index contributed by atoms with van der Waals surface area (Å²) in [5.74, 6) is -0.639. The van der Waals surface area contributed by atoms with Crippen molar-refractivity contribution in [2.45, 2.75) is 44.4 Å². The summed E-state index contributed by atoms with van der Waals surface area (Å²) in [5, 5.41) is 9.92. The number of aromatic amines is 1. The molecule has 3 unspecified atom stereocenters. The topological polar surface area (TPSA) is 99.3 Å². The molecule has 8 heteroatoms. The number of halogens is 1. The minimum atomic E-state index is -0.715. The Morgan fingerprint density at radius 3 is 2.73 bits per heavy atom. The Hall–Kier alpha value is -2.97. The summed E-state index contributed by atoms with van der Waals surface area (Å²) in [6.07, 6.45) is 6.27. The Balaban J connectivity index is 1.81. The van der Waals surface area contributed by atoms with Crippen LogP contribution in [0.2, 0.25) is 0 Å². The van der Waals surface area contributed by atoms with Crippen LogP contribution in [0.5, 0.6) is 0 Å². The molecule has 30 heavy (non-hydrogen) atoms. The highest BCUT2D eigenvalue weighted by molar-refractivity contribution is 5.75. The number of rotatable bonds is 5. The third-order valence-corrected chi connectivity index (χ3v) is 5.65. The SMILES string of the molecule is CC(C)C1(c2c[nH]cn2)NNC(c2ccc(F)cc2)=C1C=CC1CC(O)CC(=O)O1. The molecule has 7 nitrogen and oxygen atoms in total. The number of esters is 1. The van der Waals surface area contributed by atoms with E-state index in [-0.39, 0.29) is 18.2 Å². The van der Waals surface area contributed by atoms with Crippen molar-refractivity contribution in [2.75, 3.05) is 0 Å². The van der Waals surface area contributed by atoms with Crippen molar-refractivity contribution in [2.24, 2.45) is 5.92 Å². The summed E-state index contributed by atoms with van der Waals surface area (Å²) in [6.45, 7) is 4.16. The molecule has 3 atom stereocenters. The molecule has 1 aromatic carbocycles. The minimum absolute atomic E-state index is 0.0141. The number of ether oxygens (including phenoxy) is 1. The maximum atomic E-state index is 13.5. The zero-order valence-electron chi connectivity index (χ0n) is 16.9. The summed E-state index contributed by atoms with van der Waals surface area (Å²) in [4.78, 5) is 19.2. The molecule has 3 heterocycles. The third-order valence-electron chi connectivity index (χ3n) is 5.65. The van der Waals surface area contributed by atoms with E-state index in [9.17, 15) is 14.3 Å². The maximum absolute atomic E-state index is 13.5. The Morgan fingerprint density at radius 1 is 1.33 bits per heavy atom. The number of aliphatic hydroxyl groups is 1. The average molecular weight is 412 g/mol. The summed E-state index contributed by atoms with van der Waals surface area (Å²) in [7, 11) is 0. The van der Waals surface area contributed by atoms with Gasteiger partial charge in [0.25, 0.3) is 0 Å². The van der Waals surface area contributed by atoms with Gasteiger partial charge in [-0.25, -0.2) is 14.8 Å². The number of hydrogen-bond acceptors (Lipinski definition) is 6. The van der Waals surface area contributed by atoms with Gasteiger partial charge in [-0.05, 0) is 41.8 Å². The number of aliphatic hydroxyl groups excluding tert-OH is 1. The lowest BCUT2D eigenvalue weighted by Crippen LogP contribution is -2.48. The number of carbonyl (C=O) groups is 1. The predicted octanol–water partition coefficient (Wildman–Crippen LogP) is 2.54. The van der Waals surface area contributed by atoms with Gasteiger partial charge >= 0.3 is 5.97 Å². The van der Waals surface area contributed by atoms with Crippen LogP contribution in [0.15, 0.2) is 54.5 Å². The number of carbonyl (C=O) groups excluding carboxylic acids is 1. The first kappa shape index (κ1) is 20.3. The minimum Gasteiger partial charge on any atom is -0.458 e. The molecular formula is C22H25FN4O3. The molecule has 0 radical (unpaired) electrons. The lowest BCUT2D eigenvalue weighted by Gasteiger charge is -2.33. The van der Waals surface area contributed by atoms with Crippen LogP contribution in [0.4, 0.5) is 4.39 Å². The van der Waals surface area contributed by atoms with Gasteiger partial charge in [0.1, 0.15) is 17.5 Å². The monoisotopic (exact) mass is 412 g/mol. The smallest absolute Gasteiger partial charge is 0.309 e. The molecule has 1 fully saturated rings. The molecule has 1 aromatic heterocycles. The van der Waals surface area contributed by atoms with E-state index in [4.69, 9.17) is 4.74 Å². The Labute approximate surface area is 174 Å². The van der Waals surface area contributed by atoms with Crippen molar-refractivity contribution in [3.8, 4) is 0 Å². The fourth-order valence-electron chi connectivity index (χ4n) is 4.11. The van der Waals surface area contributed by atoms with E-state index in [0.29, 0.717) is 6.42 Å². The molecule has 158 valence electrons. The highest BCUT2D eigenvalue weighted by Gasteiger charge is 2.46. The van der Waals surface area contributed by atoms with E-state index in [1.807, 2.05) is 12.3 Å². The Bertz CT molecular complexity index is 969. The van der Waals surface area contributed by atoms with Gasteiger partial charge in [-0.1, -0.05) is 19.9 Å². The van der Waals surface area contributed by atoms with Crippen LogP contribution in [-0.4, -0.2) is 33.3 Å². The van der Waals surface area contributed by atoms with E-state index in [0.717, 1.165) is 22.5 Å². The van der Waals surface area contributed by atoms with Crippen LogP contribution in [0.3, 0.4) is 0 Å². The van der Waals surface area contributed by atoms with Crippen LogP contribution in [-0.2, 0) is 15.1 Å². The zero-order valence-corrected chi connectivity index (χ0v) is 16.9. The lowest BCUT2D eigenvalue weighted by molar-refractivity contribution is -0.156. The molecule has 4 rings (SSSR count). The predicted molar refractivity (Wildman–Crippen MR) is 109 cm³/mol. The zero-order chi connectivity index (χ0) is 21.3. The van der Waals surface area contributed by atoms with Gasteiger partial charge in [0, 0.05) is 18.2 Å².